The van der Waals surface area contributed by atoms with Crippen molar-refractivity contribution in [2.24, 2.45) is 5.73 Å². The molecule has 1 fully saturated rings. The van der Waals surface area contributed by atoms with Gasteiger partial charge in [-0.1, -0.05) is 38.1 Å². The highest BCUT2D eigenvalue weighted by Gasteiger charge is 2.21. The van der Waals surface area contributed by atoms with Gasteiger partial charge in [-0.2, -0.15) is 10.1 Å². The largest absolute Gasteiger partial charge is 0.464 e. The van der Waals surface area contributed by atoms with Crippen molar-refractivity contribution in [3.63, 3.8) is 0 Å². The highest BCUT2D eigenvalue weighted by molar-refractivity contribution is 5.88. The molecule has 3 aromatic heterocycles. The number of nitrogens with zero attached hydrogens (tertiary/aromatic N) is 3. The molecular formula is C25H31N7O. The molecule has 0 bridgehead atoms. The first-order valence-electron chi connectivity index (χ1n) is 11.7. The molecule has 0 amide bonds. The summed E-state index contributed by atoms with van der Waals surface area (Å²) in [6, 6.07) is 12.8. The Morgan fingerprint density at radius 3 is 2.55 bits per heavy atom. The number of rotatable bonds is 7. The van der Waals surface area contributed by atoms with Gasteiger partial charge in [0.25, 0.3) is 0 Å². The highest BCUT2D eigenvalue weighted by Crippen LogP contribution is 2.29. The zero-order valence-electron chi connectivity index (χ0n) is 19.1. The Morgan fingerprint density at radius 2 is 1.85 bits per heavy atom. The lowest BCUT2D eigenvalue weighted by Gasteiger charge is -2.26. The second-order valence-electron chi connectivity index (χ2n) is 9.17. The number of hydrogen-bond acceptors (Lipinski definition) is 7. The Balaban J connectivity index is 1.37. The van der Waals surface area contributed by atoms with Crippen molar-refractivity contribution in [1.82, 2.24) is 20.2 Å². The number of furan rings is 1. The monoisotopic (exact) mass is 445 g/mol. The van der Waals surface area contributed by atoms with Crippen molar-refractivity contribution >= 4 is 22.8 Å². The van der Waals surface area contributed by atoms with E-state index in [-0.39, 0.29) is 5.92 Å². The number of nitrogens with two attached hydrogens (primary N) is 1. The van der Waals surface area contributed by atoms with Gasteiger partial charge in [0.05, 0.1) is 12.0 Å². The first-order valence-corrected chi connectivity index (χ1v) is 11.7. The topological polar surface area (TPSA) is 118 Å². The zero-order valence-corrected chi connectivity index (χ0v) is 19.1. The second kappa shape index (κ2) is 9.23. The fourth-order valence-electron chi connectivity index (χ4n) is 4.37. The maximum Gasteiger partial charge on any atom is 0.225 e. The van der Waals surface area contributed by atoms with E-state index in [1.54, 1.807) is 6.26 Å². The third kappa shape index (κ3) is 4.71. The number of aromatic amines is 1. The molecule has 8 nitrogen and oxygen atoms in total. The Hall–Kier alpha value is -3.39. The first kappa shape index (κ1) is 21.5. The normalized spacial score (nSPS) is 18.7. The van der Waals surface area contributed by atoms with Crippen LogP contribution in [0.5, 0.6) is 0 Å². The van der Waals surface area contributed by atoms with Gasteiger partial charge in [-0.25, -0.2) is 4.98 Å². The van der Waals surface area contributed by atoms with Gasteiger partial charge in [-0.3, -0.25) is 5.10 Å². The van der Waals surface area contributed by atoms with Gasteiger partial charge in [-0.15, -0.1) is 0 Å². The van der Waals surface area contributed by atoms with Crippen molar-refractivity contribution in [1.29, 1.82) is 0 Å². The zero-order chi connectivity index (χ0) is 22.8. The summed E-state index contributed by atoms with van der Waals surface area (Å²) in [6.07, 6.45) is 5.82. The molecule has 0 aliphatic heterocycles. The SMILES string of the molecule is CC(C)c1[nH]nc2c(NCc3ccc(-c4ccco4)cc3)nc(NC3CCC(N)CC3)nc12. The van der Waals surface area contributed by atoms with Crippen LogP contribution in [-0.2, 0) is 6.54 Å². The van der Waals surface area contributed by atoms with Crippen LogP contribution in [0.2, 0.25) is 0 Å². The molecule has 5 rings (SSSR count). The molecular weight excluding hydrogens is 414 g/mol. The van der Waals surface area contributed by atoms with Gasteiger partial charge in [0.15, 0.2) is 11.3 Å². The number of anilines is 2. The van der Waals surface area contributed by atoms with Crippen LogP contribution in [0.3, 0.4) is 0 Å². The number of fused-ring (bicyclic) bond motifs is 1. The lowest BCUT2D eigenvalue weighted by molar-refractivity contribution is 0.410. The van der Waals surface area contributed by atoms with Gasteiger partial charge in [0.1, 0.15) is 11.3 Å². The van der Waals surface area contributed by atoms with Crippen molar-refractivity contribution < 1.29 is 4.42 Å². The van der Waals surface area contributed by atoms with E-state index >= 15 is 0 Å². The molecule has 3 heterocycles. The van der Waals surface area contributed by atoms with Gasteiger partial charge < -0.3 is 20.8 Å². The second-order valence-corrected chi connectivity index (χ2v) is 9.17. The average molecular weight is 446 g/mol. The minimum atomic E-state index is 0.285. The molecule has 0 radical (unpaired) electrons. The Kier molecular flexibility index (Phi) is 6.00. The number of benzene rings is 1. The molecule has 1 aliphatic carbocycles. The molecule has 0 unspecified atom stereocenters. The summed E-state index contributed by atoms with van der Waals surface area (Å²) < 4.78 is 5.48. The summed E-state index contributed by atoms with van der Waals surface area (Å²) in [4.78, 5) is 9.63. The summed E-state index contributed by atoms with van der Waals surface area (Å²) in [5.74, 6) is 2.52. The van der Waals surface area contributed by atoms with E-state index < -0.39 is 0 Å². The van der Waals surface area contributed by atoms with Crippen LogP contribution in [-0.4, -0.2) is 32.2 Å². The van der Waals surface area contributed by atoms with E-state index in [0.29, 0.717) is 24.6 Å². The van der Waals surface area contributed by atoms with E-state index in [0.717, 1.165) is 65.1 Å². The van der Waals surface area contributed by atoms with E-state index in [1.807, 2.05) is 12.1 Å². The Bertz CT molecular complexity index is 1190. The summed E-state index contributed by atoms with van der Waals surface area (Å²) >= 11 is 0. The average Bonchev–Trinajstić information content (AvgIpc) is 3.50. The van der Waals surface area contributed by atoms with Crippen LogP contribution in [0.25, 0.3) is 22.4 Å². The summed E-state index contributed by atoms with van der Waals surface area (Å²) in [5, 5.41) is 14.7. The van der Waals surface area contributed by atoms with Gasteiger partial charge in [0, 0.05) is 24.2 Å². The van der Waals surface area contributed by atoms with Crippen LogP contribution in [0, 0.1) is 0 Å². The van der Waals surface area contributed by atoms with Crippen molar-refractivity contribution in [2.75, 3.05) is 10.6 Å². The fraction of sp³-hybridized carbons (Fsp3) is 0.400. The van der Waals surface area contributed by atoms with Gasteiger partial charge in [-0.05, 0) is 49.3 Å². The van der Waals surface area contributed by atoms with E-state index in [4.69, 9.17) is 20.1 Å². The molecule has 4 aromatic rings. The minimum absolute atomic E-state index is 0.285. The van der Waals surface area contributed by atoms with Crippen LogP contribution >= 0.6 is 0 Å². The van der Waals surface area contributed by atoms with Crippen LogP contribution in [0.1, 0.15) is 56.7 Å². The molecule has 1 aliphatic rings. The first-order chi connectivity index (χ1) is 16.1. The van der Waals surface area contributed by atoms with Crippen LogP contribution in [0.15, 0.2) is 47.1 Å². The molecule has 0 saturated heterocycles. The van der Waals surface area contributed by atoms with E-state index in [2.05, 4.69) is 58.9 Å². The quantitative estimate of drug-likeness (QED) is 0.315. The number of aromatic nitrogens is 4. The van der Waals surface area contributed by atoms with E-state index in [1.165, 1.54) is 0 Å². The lowest BCUT2D eigenvalue weighted by Crippen LogP contribution is -2.33. The van der Waals surface area contributed by atoms with Crippen LogP contribution in [0.4, 0.5) is 11.8 Å². The molecule has 1 saturated carbocycles. The molecule has 5 N–H and O–H groups in total. The summed E-state index contributed by atoms with van der Waals surface area (Å²) in [5.41, 5.74) is 10.9. The van der Waals surface area contributed by atoms with Crippen molar-refractivity contribution in [3.05, 3.63) is 53.9 Å². The molecule has 33 heavy (non-hydrogen) atoms. The summed E-state index contributed by atoms with van der Waals surface area (Å²) in [7, 11) is 0. The standard InChI is InChI=1S/C25H31N7O/c1-15(2)21-22-23(32-31-21)24(30-25(29-22)28-19-11-9-18(26)10-12-19)27-14-16-5-7-17(8-6-16)20-4-3-13-33-20/h3-8,13,15,18-19H,9-12,14,26H2,1-2H3,(H,31,32)(H2,27,28,29,30). The van der Waals surface area contributed by atoms with Crippen molar-refractivity contribution in [2.45, 2.75) is 64.1 Å². The molecule has 0 spiro atoms. The van der Waals surface area contributed by atoms with Gasteiger partial charge in [0.2, 0.25) is 5.95 Å². The predicted octanol–water partition coefficient (Wildman–Crippen LogP) is 5.03. The molecule has 0 atom stereocenters. The molecule has 1 aromatic carbocycles. The third-order valence-corrected chi connectivity index (χ3v) is 6.33. The maximum absolute atomic E-state index is 6.07. The third-order valence-electron chi connectivity index (χ3n) is 6.33. The molecule has 172 valence electrons. The number of hydrogen-bond donors (Lipinski definition) is 4. The maximum atomic E-state index is 6.07. The van der Waals surface area contributed by atoms with E-state index in [9.17, 15) is 0 Å². The minimum Gasteiger partial charge on any atom is -0.464 e. The van der Waals surface area contributed by atoms with Crippen LogP contribution < -0.4 is 16.4 Å². The predicted molar refractivity (Wildman–Crippen MR) is 131 cm³/mol. The number of H-pyrrole nitrogens is 1. The lowest BCUT2D eigenvalue weighted by atomic mass is 9.92. The van der Waals surface area contributed by atoms with Gasteiger partial charge >= 0.3 is 0 Å². The highest BCUT2D eigenvalue weighted by atomic mass is 16.3. The smallest absolute Gasteiger partial charge is 0.225 e. The Morgan fingerprint density at radius 1 is 1.06 bits per heavy atom. The fourth-order valence-corrected chi connectivity index (χ4v) is 4.37. The summed E-state index contributed by atoms with van der Waals surface area (Å²) in [6.45, 7) is 4.91. The number of nitrogens with one attached hydrogen (secondary N) is 3. The van der Waals surface area contributed by atoms with Crippen molar-refractivity contribution in [3.8, 4) is 11.3 Å². The Labute approximate surface area is 193 Å². The molecule has 8 heteroatoms.